The van der Waals surface area contributed by atoms with E-state index >= 15 is 0 Å². The van der Waals surface area contributed by atoms with Crippen LogP contribution in [-0.2, 0) is 9.59 Å². The molecule has 0 spiro atoms. The van der Waals surface area contributed by atoms with Gasteiger partial charge in [0.2, 0.25) is 12.0 Å². The van der Waals surface area contributed by atoms with Gasteiger partial charge in [0.05, 0.1) is 11.8 Å². The molecule has 1 atom stereocenters. The van der Waals surface area contributed by atoms with Gasteiger partial charge in [-0.1, -0.05) is 42.5 Å². The van der Waals surface area contributed by atoms with Crippen LogP contribution in [0, 0.1) is 0 Å². The summed E-state index contributed by atoms with van der Waals surface area (Å²) in [5, 5.41) is 5.66. The maximum Gasteiger partial charge on any atom is 0.270 e. The fraction of sp³-hybridized carbons (Fsp3) is 0.154. The molecule has 0 saturated carbocycles. The van der Waals surface area contributed by atoms with E-state index in [1.807, 2.05) is 68.4 Å². The number of rotatable bonds is 6. The molecule has 162 valence electrons. The molecular weight excluding hydrogens is 404 g/mol. The fourth-order valence-corrected chi connectivity index (χ4v) is 3.35. The number of fused-ring (bicyclic) bond motifs is 1. The summed E-state index contributed by atoms with van der Waals surface area (Å²) in [5.41, 5.74) is 2.71. The lowest BCUT2D eigenvalue weighted by Gasteiger charge is -2.26. The molecule has 3 aromatic rings. The highest BCUT2D eigenvalue weighted by atomic mass is 16.5. The summed E-state index contributed by atoms with van der Waals surface area (Å²) in [6.07, 6.45) is 2.54. The van der Waals surface area contributed by atoms with E-state index in [1.54, 1.807) is 24.3 Å². The molecule has 0 saturated heterocycles. The quantitative estimate of drug-likeness (QED) is 0.529. The Morgan fingerprint density at radius 3 is 2.66 bits per heavy atom. The zero-order valence-corrected chi connectivity index (χ0v) is 17.9. The molecule has 0 bridgehead atoms. The molecule has 4 rings (SSSR count). The minimum atomic E-state index is -0.706. The lowest BCUT2D eigenvalue weighted by atomic mass is 10.1. The van der Waals surface area contributed by atoms with Crippen LogP contribution in [0.25, 0.3) is 6.08 Å². The minimum absolute atomic E-state index is 0.0778. The Balaban J connectivity index is 1.42. The topological polar surface area (TPSA) is 76.7 Å². The van der Waals surface area contributed by atoms with Gasteiger partial charge in [-0.05, 0) is 55.8 Å². The molecular formula is C26H24N2O4. The summed E-state index contributed by atoms with van der Waals surface area (Å²) in [5.74, 6) is 0.761. The van der Waals surface area contributed by atoms with E-state index in [-0.39, 0.29) is 17.9 Å². The molecule has 1 heterocycles. The summed E-state index contributed by atoms with van der Waals surface area (Å²) in [6, 6.07) is 22.0. The number of nitrogens with one attached hydrogen (secondary N) is 2. The normalized spacial score (nSPS) is 15.1. The third kappa shape index (κ3) is 5.16. The zero-order valence-electron chi connectivity index (χ0n) is 17.9. The second-order valence-electron chi connectivity index (χ2n) is 7.67. The smallest absolute Gasteiger partial charge is 0.270 e. The van der Waals surface area contributed by atoms with E-state index in [1.165, 1.54) is 6.08 Å². The first-order valence-corrected chi connectivity index (χ1v) is 10.4. The Kier molecular flexibility index (Phi) is 6.22. The second kappa shape index (κ2) is 9.39. The van der Waals surface area contributed by atoms with Gasteiger partial charge in [-0.2, -0.15) is 0 Å². The maximum atomic E-state index is 12.5. The number of carbonyl (C=O) groups excluding carboxylic acids is 2. The Morgan fingerprint density at radius 1 is 1.06 bits per heavy atom. The van der Waals surface area contributed by atoms with Crippen molar-refractivity contribution in [2.75, 3.05) is 10.6 Å². The maximum absolute atomic E-state index is 12.5. The van der Waals surface area contributed by atoms with Crippen LogP contribution in [0.1, 0.15) is 31.1 Å². The molecule has 3 aromatic carbocycles. The number of benzene rings is 3. The van der Waals surface area contributed by atoms with Crippen molar-refractivity contribution in [1.82, 2.24) is 0 Å². The fourth-order valence-electron chi connectivity index (χ4n) is 3.35. The molecule has 2 N–H and O–H groups in total. The van der Waals surface area contributed by atoms with Crippen molar-refractivity contribution in [1.29, 1.82) is 0 Å². The molecule has 2 amide bonds. The first-order chi connectivity index (χ1) is 15.5. The molecule has 0 fully saturated rings. The Bertz CT molecular complexity index is 1160. The van der Waals surface area contributed by atoms with Gasteiger partial charge in [0.15, 0.2) is 0 Å². The van der Waals surface area contributed by atoms with Crippen LogP contribution >= 0.6 is 0 Å². The summed E-state index contributed by atoms with van der Waals surface area (Å²) in [4.78, 5) is 24.9. The molecule has 6 nitrogen and oxygen atoms in total. The van der Waals surface area contributed by atoms with Crippen LogP contribution in [0.2, 0.25) is 0 Å². The number of hydrogen-bond acceptors (Lipinski definition) is 4. The average molecular weight is 428 g/mol. The molecule has 0 aromatic heterocycles. The van der Waals surface area contributed by atoms with E-state index in [2.05, 4.69) is 10.6 Å². The molecule has 1 unspecified atom stereocenters. The molecule has 32 heavy (non-hydrogen) atoms. The van der Waals surface area contributed by atoms with E-state index in [4.69, 9.17) is 9.47 Å². The Morgan fingerprint density at radius 2 is 1.88 bits per heavy atom. The summed E-state index contributed by atoms with van der Waals surface area (Å²) < 4.78 is 11.6. The predicted molar refractivity (Wildman–Crippen MR) is 125 cm³/mol. The van der Waals surface area contributed by atoms with E-state index in [9.17, 15) is 9.59 Å². The van der Waals surface area contributed by atoms with Crippen molar-refractivity contribution in [3.63, 3.8) is 0 Å². The van der Waals surface area contributed by atoms with Gasteiger partial charge in [-0.25, -0.2) is 0 Å². The number of amides is 2. The highest BCUT2D eigenvalue weighted by Crippen LogP contribution is 2.36. The number of hydrogen-bond donors (Lipinski definition) is 2. The lowest BCUT2D eigenvalue weighted by molar-refractivity contribution is -0.123. The van der Waals surface area contributed by atoms with Crippen LogP contribution in [0.5, 0.6) is 11.5 Å². The van der Waals surface area contributed by atoms with Gasteiger partial charge in [0.25, 0.3) is 5.91 Å². The van der Waals surface area contributed by atoms with Crippen molar-refractivity contribution in [3.05, 3.63) is 90.0 Å². The van der Waals surface area contributed by atoms with Gasteiger partial charge in [0.1, 0.15) is 11.5 Å². The lowest BCUT2D eigenvalue weighted by Crippen LogP contribution is -2.30. The zero-order chi connectivity index (χ0) is 22.5. The highest BCUT2D eigenvalue weighted by Gasteiger charge is 2.29. The van der Waals surface area contributed by atoms with Crippen molar-refractivity contribution in [2.45, 2.75) is 26.1 Å². The van der Waals surface area contributed by atoms with Crippen molar-refractivity contribution in [3.8, 4) is 11.5 Å². The van der Waals surface area contributed by atoms with Crippen molar-refractivity contribution in [2.24, 2.45) is 0 Å². The summed E-state index contributed by atoms with van der Waals surface area (Å²) >= 11 is 0. The van der Waals surface area contributed by atoms with E-state index in [0.29, 0.717) is 17.1 Å². The SMILES string of the molecule is CC(C)Oc1cccc(/C=C/C(=O)Nc2ccc3c(c2)NC(=O)C(c2ccccc2)O3)c1. The number of ether oxygens (including phenoxy) is 2. The van der Waals surface area contributed by atoms with Crippen molar-refractivity contribution < 1.29 is 19.1 Å². The Hall–Kier alpha value is -4.06. The first kappa shape index (κ1) is 21.2. The van der Waals surface area contributed by atoms with Gasteiger partial charge >= 0.3 is 0 Å². The van der Waals surface area contributed by atoms with E-state index < -0.39 is 6.10 Å². The Labute approximate surface area is 186 Å². The number of anilines is 2. The van der Waals surface area contributed by atoms with Crippen LogP contribution in [0.15, 0.2) is 78.9 Å². The number of carbonyl (C=O) groups is 2. The average Bonchev–Trinajstić information content (AvgIpc) is 2.77. The van der Waals surface area contributed by atoms with Crippen LogP contribution in [0.3, 0.4) is 0 Å². The molecule has 6 heteroatoms. The largest absolute Gasteiger partial charge is 0.491 e. The minimum Gasteiger partial charge on any atom is -0.491 e. The molecule has 1 aliphatic heterocycles. The standard InChI is InChI=1S/C26H24N2O4/c1-17(2)31-21-10-6-7-18(15-21)11-14-24(29)27-20-12-13-23-22(16-20)28-26(30)25(32-23)19-8-4-3-5-9-19/h3-17,25H,1-2H3,(H,27,29)(H,28,30)/b14-11+. The van der Waals surface area contributed by atoms with Crippen LogP contribution < -0.4 is 20.1 Å². The predicted octanol–water partition coefficient (Wildman–Crippen LogP) is 5.20. The molecule has 0 aliphatic carbocycles. The highest BCUT2D eigenvalue weighted by molar-refractivity contribution is 6.03. The summed E-state index contributed by atoms with van der Waals surface area (Å²) in [7, 11) is 0. The van der Waals surface area contributed by atoms with Crippen molar-refractivity contribution >= 4 is 29.3 Å². The molecule has 1 aliphatic rings. The van der Waals surface area contributed by atoms with Gasteiger partial charge in [-0.3, -0.25) is 9.59 Å². The second-order valence-corrected chi connectivity index (χ2v) is 7.67. The van der Waals surface area contributed by atoms with Crippen LogP contribution in [0.4, 0.5) is 11.4 Å². The van der Waals surface area contributed by atoms with Gasteiger partial charge in [-0.15, -0.1) is 0 Å². The van der Waals surface area contributed by atoms with Gasteiger partial charge < -0.3 is 20.1 Å². The molecule has 0 radical (unpaired) electrons. The monoisotopic (exact) mass is 428 g/mol. The van der Waals surface area contributed by atoms with Crippen LogP contribution in [-0.4, -0.2) is 17.9 Å². The summed E-state index contributed by atoms with van der Waals surface area (Å²) in [6.45, 7) is 3.92. The third-order valence-corrected chi connectivity index (χ3v) is 4.75. The third-order valence-electron chi connectivity index (χ3n) is 4.75. The first-order valence-electron chi connectivity index (χ1n) is 10.4. The van der Waals surface area contributed by atoms with E-state index in [0.717, 1.165) is 16.9 Å². The van der Waals surface area contributed by atoms with Gasteiger partial charge in [0, 0.05) is 17.3 Å².